The van der Waals surface area contributed by atoms with Crippen molar-refractivity contribution in [3.8, 4) is 11.4 Å². The molecule has 29 heavy (non-hydrogen) atoms. The van der Waals surface area contributed by atoms with Crippen LogP contribution in [0.3, 0.4) is 0 Å². The molecule has 0 amide bonds. The molecular weight excluding hydrogens is 364 g/mol. The molecule has 0 aliphatic carbocycles. The zero-order valence-electron chi connectivity index (χ0n) is 16.5. The van der Waals surface area contributed by atoms with Crippen LogP contribution in [0, 0.1) is 0 Å². The van der Waals surface area contributed by atoms with Crippen molar-refractivity contribution in [1.29, 1.82) is 0 Å². The number of aromatic nitrogens is 2. The maximum Gasteiger partial charge on any atom is 0.337 e. The first-order valence-electron chi connectivity index (χ1n) is 9.54. The summed E-state index contributed by atoms with van der Waals surface area (Å²) in [6.07, 6.45) is 2.78. The lowest BCUT2D eigenvalue weighted by Crippen LogP contribution is -2.01. The molecule has 1 aromatic heterocycles. The number of carbonyl (C=O) groups is 1. The molecule has 0 saturated carbocycles. The Labute approximate surface area is 169 Å². The van der Waals surface area contributed by atoms with Crippen LogP contribution in [0.25, 0.3) is 16.7 Å². The highest BCUT2D eigenvalue weighted by atomic mass is 16.5. The van der Waals surface area contributed by atoms with E-state index >= 15 is 0 Å². The number of benzene rings is 3. The summed E-state index contributed by atoms with van der Waals surface area (Å²) in [5.41, 5.74) is 5.55. The van der Waals surface area contributed by atoms with Crippen LogP contribution in [-0.2, 0) is 17.8 Å². The molecule has 0 fully saturated rings. The third kappa shape index (κ3) is 3.99. The summed E-state index contributed by atoms with van der Waals surface area (Å²) in [7, 11) is 1.38. The van der Waals surface area contributed by atoms with Gasteiger partial charge in [0.2, 0.25) is 0 Å². The van der Waals surface area contributed by atoms with Gasteiger partial charge in [-0.05, 0) is 60.0 Å². The number of hydrogen-bond acceptors (Lipinski definition) is 4. The molecule has 0 aliphatic heterocycles. The van der Waals surface area contributed by atoms with Gasteiger partial charge in [-0.25, -0.2) is 9.78 Å². The minimum Gasteiger partial charge on any atom is -0.489 e. The zero-order valence-corrected chi connectivity index (χ0v) is 16.5. The van der Waals surface area contributed by atoms with Crippen molar-refractivity contribution in [3.05, 3.63) is 89.7 Å². The molecular formula is C24H22N2O3. The average Bonchev–Trinajstić information content (AvgIpc) is 3.21. The Balaban J connectivity index is 1.52. The molecule has 0 atom stereocenters. The van der Waals surface area contributed by atoms with Crippen LogP contribution in [0.5, 0.6) is 5.75 Å². The molecule has 146 valence electrons. The van der Waals surface area contributed by atoms with Crippen molar-refractivity contribution in [2.45, 2.75) is 20.0 Å². The fourth-order valence-corrected chi connectivity index (χ4v) is 3.20. The van der Waals surface area contributed by atoms with E-state index in [1.807, 2.05) is 34.9 Å². The molecule has 3 aromatic carbocycles. The summed E-state index contributed by atoms with van der Waals surface area (Å²) < 4.78 is 12.7. The lowest BCUT2D eigenvalue weighted by molar-refractivity contribution is 0.0601. The number of imidazole rings is 1. The number of aryl methyl sites for hydroxylation is 1. The second-order valence-electron chi connectivity index (χ2n) is 6.76. The first-order chi connectivity index (χ1) is 14.2. The van der Waals surface area contributed by atoms with Gasteiger partial charge >= 0.3 is 5.97 Å². The second kappa shape index (κ2) is 8.19. The smallest absolute Gasteiger partial charge is 0.337 e. The summed E-state index contributed by atoms with van der Waals surface area (Å²) in [6.45, 7) is 2.67. The summed E-state index contributed by atoms with van der Waals surface area (Å²) in [5.74, 6) is 0.434. The molecule has 5 heteroatoms. The van der Waals surface area contributed by atoms with Gasteiger partial charge < -0.3 is 9.47 Å². The molecule has 0 spiro atoms. The summed E-state index contributed by atoms with van der Waals surface area (Å²) in [6, 6.07) is 21.6. The van der Waals surface area contributed by atoms with Gasteiger partial charge in [-0.1, -0.05) is 31.2 Å². The number of fused-ring (bicyclic) bond motifs is 1. The van der Waals surface area contributed by atoms with Crippen LogP contribution in [0.1, 0.15) is 28.4 Å². The van der Waals surface area contributed by atoms with Crippen LogP contribution < -0.4 is 4.74 Å². The normalized spacial score (nSPS) is 10.8. The Morgan fingerprint density at radius 1 is 0.966 bits per heavy atom. The predicted octanol–water partition coefficient (Wildman–Crippen LogP) is 4.95. The average molecular weight is 386 g/mol. The highest BCUT2D eigenvalue weighted by Gasteiger charge is 2.10. The highest BCUT2D eigenvalue weighted by Crippen LogP contribution is 2.22. The van der Waals surface area contributed by atoms with Gasteiger partial charge in [-0.15, -0.1) is 0 Å². The highest BCUT2D eigenvalue weighted by molar-refractivity contribution is 5.94. The van der Waals surface area contributed by atoms with Crippen molar-refractivity contribution in [1.82, 2.24) is 9.55 Å². The third-order valence-corrected chi connectivity index (χ3v) is 4.92. The number of methoxy groups -OCH3 is 1. The first kappa shape index (κ1) is 18.7. The Hall–Kier alpha value is -3.60. The Morgan fingerprint density at radius 2 is 1.69 bits per heavy atom. The standard InChI is InChI=1S/C24H22N2O3/c1-3-17-4-6-18(7-5-17)15-29-21-11-9-20(10-12-21)26-16-25-22-13-8-19(14-23(22)26)24(27)28-2/h4-14,16H,3,15H2,1-2H3. The Morgan fingerprint density at radius 3 is 2.38 bits per heavy atom. The van der Waals surface area contributed by atoms with Crippen molar-refractivity contribution in [2.24, 2.45) is 0 Å². The lowest BCUT2D eigenvalue weighted by atomic mass is 10.1. The molecule has 0 bridgehead atoms. The molecule has 0 aliphatic rings. The van der Waals surface area contributed by atoms with Gasteiger partial charge in [-0.2, -0.15) is 0 Å². The van der Waals surface area contributed by atoms with E-state index in [1.54, 1.807) is 18.5 Å². The molecule has 0 unspecified atom stereocenters. The monoisotopic (exact) mass is 386 g/mol. The molecule has 4 aromatic rings. The topological polar surface area (TPSA) is 53.4 Å². The van der Waals surface area contributed by atoms with Gasteiger partial charge in [0.1, 0.15) is 18.7 Å². The largest absolute Gasteiger partial charge is 0.489 e. The SMILES string of the molecule is CCc1ccc(COc2ccc(-n3cnc4ccc(C(=O)OC)cc43)cc2)cc1. The van der Waals surface area contributed by atoms with E-state index in [0.717, 1.165) is 34.5 Å². The number of esters is 1. The predicted molar refractivity (Wildman–Crippen MR) is 113 cm³/mol. The third-order valence-electron chi connectivity index (χ3n) is 4.92. The molecule has 0 N–H and O–H groups in total. The zero-order chi connectivity index (χ0) is 20.2. The van der Waals surface area contributed by atoms with E-state index in [9.17, 15) is 4.79 Å². The van der Waals surface area contributed by atoms with E-state index in [0.29, 0.717) is 12.2 Å². The van der Waals surface area contributed by atoms with Crippen LogP contribution in [0.4, 0.5) is 0 Å². The fraction of sp³-hybridized carbons (Fsp3) is 0.167. The van der Waals surface area contributed by atoms with Crippen LogP contribution in [0.2, 0.25) is 0 Å². The quantitative estimate of drug-likeness (QED) is 0.440. The number of carbonyl (C=O) groups excluding carboxylic acids is 1. The van der Waals surface area contributed by atoms with Crippen molar-refractivity contribution in [2.75, 3.05) is 7.11 Å². The van der Waals surface area contributed by atoms with E-state index in [2.05, 4.69) is 36.2 Å². The fourth-order valence-electron chi connectivity index (χ4n) is 3.20. The second-order valence-corrected chi connectivity index (χ2v) is 6.76. The molecule has 0 radical (unpaired) electrons. The van der Waals surface area contributed by atoms with Gasteiger partial charge in [0.25, 0.3) is 0 Å². The lowest BCUT2D eigenvalue weighted by Gasteiger charge is -2.09. The Bertz CT molecular complexity index is 1130. The maximum absolute atomic E-state index is 11.8. The van der Waals surface area contributed by atoms with Gasteiger partial charge in [-0.3, -0.25) is 4.57 Å². The summed E-state index contributed by atoms with van der Waals surface area (Å²) in [4.78, 5) is 16.2. The molecule has 0 saturated heterocycles. The van der Waals surface area contributed by atoms with Crippen LogP contribution in [0.15, 0.2) is 73.1 Å². The number of rotatable bonds is 6. The van der Waals surface area contributed by atoms with E-state index in [-0.39, 0.29) is 5.97 Å². The van der Waals surface area contributed by atoms with E-state index < -0.39 is 0 Å². The Kier molecular flexibility index (Phi) is 5.29. The molecule has 1 heterocycles. The van der Waals surface area contributed by atoms with Crippen molar-refractivity contribution >= 4 is 17.0 Å². The summed E-state index contributed by atoms with van der Waals surface area (Å²) >= 11 is 0. The van der Waals surface area contributed by atoms with E-state index in [1.165, 1.54) is 12.7 Å². The van der Waals surface area contributed by atoms with Gasteiger partial charge in [0, 0.05) is 5.69 Å². The molecule has 5 nitrogen and oxygen atoms in total. The summed E-state index contributed by atoms with van der Waals surface area (Å²) in [5, 5.41) is 0. The molecule has 4 rings (SSSR count). The minimum absolute atomic E-state index is 0.365. The van der Waals surface area contributed by atoms with Crippen molar-refractivity contribution < 1.29 is 14.3 Å². The number of nitrogens with zero attached hydrogens (tertiary/aromatic N) is 2. The number of ether oxygens (including phenoxy) is 2. The first-order valence-corrected chi connectivity index (χ1v) is 9.54. The van der Waals surface area contributed by atoms with Gasteiger partial charge in [0.05, 0.1) is 23.7 Å². The van der Waals surface area contributed by atoms with Crippen LogP contribution in [-0.4, -0.2) is 22.6 Å². The number of hydrogen-bond donors (Lipinski definition) is 0. The van der Waals surface area contributed by atoms with Gasteiger partial charge in [0.15, 0.2) is 0 Å². The van der Waals surface area contributed by atoms with Crippen molar-refractivity contribution in [3.63, 3.8) is 0 Å². The minimum atomic E-state index is -0.365. The maximum atomic E-state index is 11.8. The van der Waals surface area contributed by atoms with E-state index in [4.69, 9.17) is 9.47 Å². The van der Waals surface area contributed by atoms with Crippen LogP contribution >= 0.6 is 0 Å².